The zero-order valence-electron chi connectivity index (χ0n) is 12.1. The second kappa shape index (κ2) is 6.70. The number of ether oxygens (including phenoxy) is 1. The maximum Gasteiger partial charge on any atom is 0.299 e. The molecule has 1 aromatic carbocycles. The smallest absolute Gasteiger partial charge is 0.299 e. The van der Waals surface area contributed by atoms with E-state index in [4.69, 9.17) is 27.3 Å². The largest absolute Gasteiger partial charge is 0.486 e. The molecule has 0 aliphatic heterocycles. The normalized spacial score (nSPS) is 10.3. The van der Waals surface area contributed by atoms with Gasteiger partial charge in [-0.2, -0.15) is 15.0 Å². The Bertz CT molecular complexity index is 926. The molecular formula is C15H10ClN5O2S. The fraction of sp³-hybridized carbons (Fsp3) is 0.0667. The van der Waals surface area contributed by atoms with E-state index in [2.05, 4.69) is 10.1 Å². The van der Waals surface area contributed by atoms with E-state index in [1.165, 1.54) is 17.5 Å². The van der Waals surface area contributed by atoms with Crippen molar-refractivity contribution in [3.05, 3.63) is 57.1 Å². The first kappa shape index (κ1) is 16.0. The summed E-state index contributed by atoms with van der Waals surface area (Å²) in [4.78, 5) is 16.5. The van der Waals surface area contributed by atoms with Crippen LogP contribution in [-0.2, 0) is 6.61 Å². The monoisotopic (exact) mass is 359 g/mol. The van der Waals surface area contributed by atoms with Crippen LogP contribution in [0.4, 0.5) is 5.82 Å². The number of nitriles is 1. The molecule has 0 aliphatic rings. The van der Waals surface area contributed by atoms with Crippen molar-refractivity contribution in [2.75, 3.05) is 5.73 Å². The first-order valence-corrected chi connectivity index (χ1v) is 7.95. The molecule has 0 saturated heterocycles. The third-order valence-corrected chi connectivity index (χ3v) is 4.14. The van der Waals surface area contributed by atoms with Crippen molar-refractivity contribution in [1.29, 1.82) is 5.26 Å². The van der Waals surface area contributed by atoms with Crippen LogP contribution in [0.2, 0.25) is 5.02 Å². The number of nitrogen functional groups attached to an aromatic ring is 1. The molecule has 0 amide bonds. The van der Waals surface area contributed by atoms with Crippen LogP contribution in [0.3, 0.4) is 0 Å². The van der Waals surface area contributed by atoms with Crippen molar-refractivity contribution in [3.63, 3.8) is 0 Å². The molecule has 3 aromatic rings. The molecule has 0 unspecified atom stereocenters. The number of nitrogens with two attached hydrogens (primary N) is 1. The minimum atomic E-state index is -0.497. The molecule has 0 bridgehead atoms. The van der Waals surface area contributed by atoms with E-state index in [9.17, 15) is 4.79 Å². The topological polar surface area (TPSA) is 107 Å². The minimum Gasteiger partial charge on any atom is -0.486 e. The van der Waals surface area contributed by atoms with E-state index in [0.29, 0.717) is 15.8 Å². The summed E-state index contributed by atoms with van der Waals surface area (Å²) in [7, 11) is 0. The highest BCUT2D eigenvalue weighted by atomic mass is 35.5. The maximum absolute atomic E-state index is 12.3. The molecule has 0 saturated carbocycles. The SMILES string of the molecule is N#Cc1cnn(C(=O)c2csc(COc3ccc(Cl)cc3)n2)c1N. The van der Waals surface area contributed by atoms with Crippen LogP contribution in [0.1, 0.15) is 21.1 Å². The summed E-state index contributed by atoms with van der Waals surface area (Å²) in [6.45, 7) is 0.220. The first-order chi connectivity index (χ1) is 11.6. The molecule has 0 atom stereocenters. The van der Waals surface area contributed by atoms with Gasteiger partial charge in [-0.1, -0.05) is 11.6 Å². The summed E-state index contributed by atoms with van der Waals surface area (Å²) in [5, 5.41) is 15.5. The van der Waals surface area contributed by atoms with Gasteiger partial charge in [-0.05, 0) is 24.3 Å². The van der Waals surface area contributed by atoms with E-state index in [0.717, 1.165) is 4.68 Å². The van der Waals surface area contributed by atoms with Crippen LogP contribution >= 0.6 is 22.9 Å². The van der Waals surface area contributed by atoms with Gasteiger partial charge < -0.3 is 10.5 Å². The van der Waals surface area contributed by atoms with Gasteiger partial charge in [0.15, 0.2) is 0 Å². The van der Waals surface area contributed by atoms with Crippen LogP contribution in [0.25, 0.3) is 0 Å². The number of carbonyl (C=O) groups is 1. The van der Waals surface area contributed by atoms with E-state index >= 15 is 0 Å². The standard InChI is InChI=1S/C15H10ClN5O2S/c16-10-1-3-11(4-2-10)23-7-13-20-12(8-24-13)15(22)21-14(18)9(5-17)6-19-21/h1-4,6,8H,7,18H2. The number of thiazole rings is 1. The van der Waals surface area contributed by atoms with Gasteiger partial charge in [0.25, 0.3) is 5.91 Å². The number of benzene rings is 1. The number of carbonyl (C=O) groups excluding carboxylic acids is 1. The van der Waals surface area contributed by atoms with Gasteiger partial charge in [0, 0.05) is 10.4 Å². The second-order valence-corrected chi connectivity index (χ2v) is 6.02. The summed E-state index contributed by atoms with van der Waals surface area (Å²) in [5.41, 5.74) is 6.04. The Morgan fingerprint density at radius 2 is 2.17 bits per heavy atom. The molecule has 3 rings (SSSR count). The molecule has 2 aromatic heterocycles. The van der Waals surface area contributed by atoms with Crippen LogP contribution in [0, 0.1) is 11.3 Å². The molecule has 7 nitrogen and oxygen atoms in total. The fourth-order valence-electron chi connectivity index (χ4n) is 1.87. The number of halogens is 1. The van der Waals surface area contributed by atoms with E-state index < -0.39 is 5.91 Å². The van der Waals surface area contributed by atoms with Crippen LogP contribution in [0.15, 0.2) is 35.8 Å². The predicted octanol–water partition coefficient (Wildman–Crippen LogP) is 2.71. The van der Waals surface area contributed by atoms with Crippen molar-refractivity contribution < 1.29 is 9.53 Å². The average Bonchev–Trinajstić information content (AvgIpc) is 3.20. The Morgan fingerprint density at radius 1 is 1.42 bits per heavy atom. The zero-order chi connectivity index (χ0) is 17.1. The lowest BCUT2D eigenvalue weighted by Gasteiger charge is -2.03. The fourth-order valence-corrected chi connectivity index (χ4v) is 2.67. The van der Waals surface area contributed by atoms with Crippen LogP contribution in [0.5, 0.6) is 5.75 Å². The van der Waals surface area contributed by atoms with E-state index in [-0.39, 0.29) is 23.7 Å². The quantitative estimate of drug-likeness (QED) is 0.767. The molecule has 2 N–H and O–H groups in total. The Kier molecular flexibility index (Phi) is 4.46. The van der Waals surface area contributed by atoms with Crippen LogP contribution < -0.4 is 10.5 Å². The van der Waals surface area contributed by atoms with Gasteiger partial charge >= 0.3 is 0 Å². The highest BCUT2D eigenvalue weighted by molar-refractivity contribution is 7.09. The molecule has 0 spiro atoms. The lowest BCUT2D eigenvalue weighted by Crippen LogP contribution is -2.16. The van der Waals surface area contributed by atoms with Gasteiger partial charge in [-0.3, -0.25) is 4.79 Å². The summed E-state index contributed by atoms with van der Waals surface area (Å²) in [6, 6.07) is 8.80. The average molecular weight is 360 g/mol. The lowest BCUT2D eigenvalue weighted by molar-refractivity contribution is 0.0943. The van der Waals surface area contributed by atoms with E-state index in [1.807, 2.05) is 6.07 Å². The number of aromatic nitrogens is 3. The molecule has 24 heavy (non-hydrogen) atoms. The summed E-state index contributed by atoms with van der Waals surface area (Å²) in [6.07, 6.45) is 1.24. The van der Waals surface area contributed by atoms with E-state index in [1.54, 1.807) is 29.6 Å². The number of hydrogen-bond acceptors (Lipinski definition) is 7. The first-order valence-electron chi connectivity index (χ1n) is 6.69. The van der Waals surface area contributed by atoms with Crippen molar-refractivity contribution >= 4 is 34.7 Å². The van der Waals surface area contributed by atoms with Gasteiger partial charge in [0.1, 0.15) is 40.5 Å². The molecule has 0 aliphatic carbocycles. The van der Waals surface area contributed by atoms with Gasteiger partial charge in [-0.15, -0.1) is 11.3 Å². The molecule has 0 radical (unpaired) electrons. The summed E-state index contributed by atoms with van der Waals surface area (Å²) >= 11 is 7.09. The maximum atomic E-state index is 12.3. The highest BCUT2D eigenvalue weighted by Gasteiger charge is 2.18. The van der Waals surface area contributed by atoms with Crippen molar-refractivity contribution in [3.8, 4) is 11.8 Å². The number of nitrogens with zero attached hydrogens (tertiary/aromatic N) is 4. The van der Waals surface area contributed by atoms with Gasteiger partial charge in [-0.25, -0.2) is 4.98 Å². The number of anilines is 1. The molecule has 0 fully saturated rings. The van der Waals surface area contributed by atoms with Crippen molar-refractivity contribution in [1.82, 2.24) is 14.8 Å². The Balaban J connectivity index is 1.70. The minimum absolute atomic E-state index is 0.00513. The Morgan fingerprint density at radius 3 is 2.83 bits per heavy atom. The number of rotatable bonds is 4. The Labute approximate surface area is 145 Å². The van der Waals surface area contributed by atoms with Crippen LogP contribution in [-0.4, -0.2) is 20.7 Å². The molecular weight excluding hydrogens is 350 g/mol. The number of hydrogen-bond donors (Lipinski definition) is 1. The van der Waals surface area contributed by atoms with Crippen molar-refractivity contribution in [2.24, 2.45) is 0 Å². The summed E-state index contributed by atoms with van der Waals surface area (Å²) < 4.78 is 6.53. The van der Waals surface area contributed by atoms with Gasteiger partial charge in [0.2, 0.25) is 0 Å². The Hall–Kier alpha value is -2.89. The molecule has 9 heteroatoms. The molecule has 2 heterocycles. The predicted molar refractivity (Wildman–Crippen MR) is 89.0 cm³/mol. The lowest BCUT2D eigenvalue weighted by atomic mass is 10.3. The zero-order valence-corrected chi connectivity index (χ0v) is 13.7. The van der Waals surface area contributed by atoms with Gasteiger partial charge in [0.05, 0.1) is 6.20 Å². The third-order valence-electron chi connectivity index (χ3n) is 3.07. The third kappa shape index (κ3) is 3.22. The summed E-state index contributed by atoms with van der Waals surface area (Å²) in [5.74, 6) is 0.148. The highest BCUT2D eigenvalue weighted by Crippen LogP contribution is 2.19. The second-order valence-electron chi connectivity index (χ2n) is 4.64. The van der Waals surface area contributed by atoms with Crippen molar-refractivity contribution in [2.45, 2.75) is 6.61 Å². The molecule has 120 valence electrons.